The molecule has 110 valence electrons. The van der Waals surface area contributed by atoms with E-state index in [-0.39, 0.29) is 17.5 Å². The molecule has 0 aliphatic carbocycles. The van der Waals surface area contributed by atoms with Crippen molar-refractivity contribution in [3.05, 3.63) is 28.2 Å². The minimum absolute atomic E-state index is 0.177. The summed E-state index contributed by atoms with van der Waals surface area (Å²) in [5, 5.41) is 5.91. The highest BCUT2D eigenvalue weighted by Gasteiger charge is 2.23. The minimum Gasteiger partial charge on any atom is -0.326 e. The number of rotatable bonds is 5. The summed E-state index contributed by atoms with van der Waals surface area (Å²) in [6, 6.07) is 0.177. The molecular weight excluding hydrogens is 296 g/mol. The maximum Gasteiger partial charge on any atom is 0.263 e. The van der Waals surface area contributed by atoms with Crippen LogP contribution in [-0.2, 0) is 16.6 Å². The monoisotopic (exact) mass is 314 g/mol. The summed E-state index contributed by atoms with van der Waals surface area (Å²) in [5.74, 6) is 0. The third-order valence-electron chi connectivity index (χ3n) is 2.83. The van der Waals surface area contributed by atoms with Gasteiger partial charge in [0.25, 0.3) is 10.0 Å². The predicted molar refractivity (Wildman–Crippen MR) is 80.4 cm³/mol. The van der Waals surface area contributed by atoms with Crippen LogP contribution in [-0.4, -0.2) is 18.2 Å². The zero-order chi connectivity index (χ0) is 14.9. The lowest BCUT2D eigenvalue weighted by atomic mass is 10.3. The lowest BCUT2D eigenvalue weighted by Crippen LogP contribution is -2.15. The number of nitrogens with two attached hydrogens (primary N) is 1. The zero-order valence-corrected chi connectivity index (χ0v) is 13.3. The van der Waals surface area contributed by atoms with Crippen molar-refractivity contribution < 1.29 is 8.42 Å². The highest BCUT2D eigenvalue weighted by atomic mass is 32.2. The van der Waals surface area contributed by atoms with E-state index in [9.17, 15) is 8.42 Å². The zero-order valence-electron chi connectivity index (χ0n) is 11.6. The number of hydrogen-bond acceptors (Lipinski definition) is 5. The molecule has 2 aromatic heterocycles. The van der Waals surface area contributed by atoms with Crippen molar-refractivity contribution in [3.8, 4) is 0 Å². The van der Waals surface area contributed by atoms with Gasteiger partial charge in [-0.15, -0.1) is 11.3 Å². The van der Waals surface area contributed by atoms with Crippen LogP contribution in [0.5, 0.6) is 0 Å². The van der Waals surface area contributed by atoms with Crippen LogP contribution >= 0.6 is 11.3 Å². The van der Waals surface area contributed by atoms with Crippen molar-refractivity contribution >= 4 is 27.0 Å². The molecule has 0 unspecified atom stereocenters. The first-order valence-electron chi connectivity index (χ1n) is 6.19. The number of thiophene rings is 1. The van der Waals surface area contributed by atoms with Crippen LogP contribution in [0.3, 0.4) is 0 Å². The summed E-state index contributed by atoms with van der Waals surface area (Å²) >= 11 is 1.36. The Labute approximate surface area is 122 Å². The molecule has 20 heavy (non-hydrogen) atoms. The Morgan fingerprint density at radius 2 is 2.20 bits per heavy atom. The fraction of sp³-hybridized carbons (Fsp3) is 0.417. The molecule has 0 saturated carbocycles. The summed E-state index contributed by atoms with van der Waals surface area (Å²) in [6.45, 7) is 5.92. The molecule has 0 aromatic carbocycles. The van der Waals surface area contributed by atoms with Crippen molar-refractivity contribution in [1.82, 2.24) is 9.78 Å². The first-order chi connectivity index (χ1) is 9.35. The Balaban J connectivity index is 2.33. The van der Waals surface area contributed by atoms with Crippen molar-refractivity contribution in [1.29, 1.82) is 0 Å². The van der Waals surface area contributed by atoms with Crippen LogP contribution in [0.25, 0.3) is 0 Å². The molecule has 6 nitrogen and oxygen atoms in total. The SMILES string of the molecule is Cc1csc(CN)c1S(=O)(=O)Nc1cnn(C(C)C)c1. The number of hydrogen-bond donors (Lipinski definition) is 2. The Morgan fingerprint density at radius 3 is 2.75 bits per heavy atom. The molecule has 0 aliphatic rings. The smallest absolute Gasteiger partial charge is 0.263 e. The molecule has 2 aromatic rings. The molecule has 0 bridgehead atoms. The van der Waals surface area contributed by atoms with E-state index < -0.39 is 10.0 Å². The molecule has 0 radical (unpaired) electrons. The van der Waals surface area contributed by atoms with E-state index in [4.69, 9.17) is 5.73 Å². The molecule has 2 rings (SSSR count). The van der Waals surface area contributed by atoms with Gasteiger partial charge in [-0.1, -0.05) is 0 Å². The highest BCUT2D eigenvalue weighted by Crippen LogP contribution is 2.28. The molecule has 8 heteroatoms. The fourth-order valence-corrected chi connectivity index (χ4v) is 4.60. The topological polar surface area (TPSA) is 90.0 Å². The molecule has 0 aliphatic heterocycles. The maximum absolute atomic E-state index is 12.4. The lowest BCUT2D eigenvalue weighted by Gasteiger charge is -2.08. The Morgan fingerprint density at radius 1 is 1.50 bits per heavy atom. The van der Waals surface area contributed by atoms with Crippen molar-refractivity contribution in [2.24, 2.45) is 5.73 Å². The third-order valence-corrected chi connectivity index (χ3v) is 5.69. The van der Waals surface area contributed by atoms with E-state index >= 15 is 0 Å². The quantitative estimate of drug-likeness (QED) is 0.884. The maximum atomic E-state index is 12.4. The van der Waals surface area contributed by atoms with Crippen LogP contribution in [0.2, 0.25) is 0 Å². The van der Waals surface area contributed by atoms with Gasteiger partial charge in [-0.05, 0) is 31.7 Å². The van der Waals surface area contributed by atoms with Crippen molar-refractivity contribution in [2.75, 3.05) is 4.72 Å². The number of aryl methyl sites for hydroxylation is 1. The number of anilines is 1. The van der Waals surface area contributed by atoms with E-state index in [1.54, 1.807) is 23.2 Å². The molecule has 0 saturated heterocycles. The van der Waals surface area contributed by atoms with Gasteiger partial charge in [0, 0.05) is 23.7 Å². The summed E-state index contributed by atoms with van der Waals surface area (Å²) in [7, 11) is -3.63. The summed E-state index contributed by atoms with van der Waals surface area (Å²) in [4.78, 5) is 0.938. The van der Waals surface area contributed by atoms with Gasteiger partial charge in [0.05, 0.1) is 11.9 Å². The van der Waals surface area contributed by atoms with E-state index in [0.29, 0.717) is 16.1 Å². The molecule has 0 atom stereocenters. The number of nitrogens with zero attached hydrogens (tertiary/aromatic N) is 2. The third kappa shape index (κ3) is 2.87. The summed E-state index contributed by atoms with van der Waals surface area (Å²) in [6.07, 6.45) is 3.17. The lowest BCUT2D eigenvalue weighted by molar-refractivity contribution is 0.532. The van der Waals surface area contributed by atoms with Crippen LogP contribution in [0.1, 0.15) is 30.3 Å². The largest absolute Gasteiger partial charge is 0.326 e. The second-order valence-electron chi connectivity index (χ2n) is 4.78. The van der Waals surface area contributed by atoms with Crippen molar-refractivity contribution in [2.45, 2.75) is 38.3 Å². The normalized spacial score (nSPS) is 12.1. The minimum atomic E-state index is -3.63. The second-order valence-corrected chi connectivity index (χ2v) is 7.37. The highest BCUT2D eigenvalue weighted by molar-refractivity contribution is 7.93. The first kappa shape index (κ1) is 15.0. The number of aromatic nitrogens is 2. The van der Waals surface area contributed by atoms with Gasteiger partial charge in [0.1, 0.15) is 4.90 Å². The molecule has 0 amide bonds. The summed E-state index contributed by atoms with van der Waals surface area (Å²) in [5.41, 5.74) is 6.76. The summed E-state index contributed by atoms with van der Waals surface area (Å²) < 4.78 is 29.1. The molecule has 2 heterocycles. The average molecular weight is 314 g/mol. The Kier molecular flexibility index (Phi) is 4.17. The van der Waals surface area contributed by atoms with Gasteiger partial charge in [0.2, 0.25) is 0 Å². The van der Waals surface area contributed by atoms with Crippen LogP contribution in [0.15, 0.2) is 22.7 Å². The molecule has 0 fully saturated rings. The molecule has 0 spiro atoms. The van der Waals surface area contributed by atoms with Crippen LogP contribution in [0.4, 0.5) is 5.69 Å². The molecule has 3 N–H and O–H groups in total. The second kappa shape index (κ2) is 5.55. The Hall–Kier alpha value is -1.38. The van der Waals surface area contributed by atoms with E-state index in [1.165, 1.54) is 17.5 Å². The molecular formula is C12H18N4O2S2. The van der Waals surface area contributed by atoms with Gasteiger partial charge in [-0.2, -0.15) is 5.10 Å². The first-order valence-corrected chi connectivity index (χ1v) is 8.55. The average Bonchev–Trinajstić information content (AvgIpc) is 2.95. The standard InChI is InChI=1S/C12H18N4O2S2/c1-8(2)16-6-10(5-14-16)15-20(17,18)12-9(3)7-19-11(12)4-13/h5-8,15H,4,13H2,1-3H3. The van der Waals surface area contributed by atoms with Crippen LogP contribution in [0, 0.1) is 6.92 Å². The van der Waals surface area contributed by atoms with E-state index in [1.807, 2.05) is 13.8 Å². The van der Waals surface area contributed by atoms with Gasteiger partial charge < -0.3 is 5.73 Å². The predicted octanol–water partition coefficient (Wildman–Crippen LogP) is 2.09. The van der Waals surface area contributed by atoms with E-state index in [2.05, 4.69) is 9.82 Å². The van der Waals surface area contributed by atoms with Crippen LogP contribution < -0.4 is 10.5 Å². The van der Waals surface area contributed by atoms with E-state index in [0.717, 1.165) is 0 Å². The van der Waals surface area contributed by atoms with Gasteiger partial charge in [0.15, 0.2) is 0 Å². The van der Waals surface area contributed by atoms with Crippen molar-refractivity contribution in [3.63, 3.8) is 0 Å². The van der Waals surface area contributed by atoms with Gasteiger partial charge in [-0.25, -0.2) is 8.42 Å². The Bertz CT molecular complexity index is 701. The van der Waals surface area contributed by atoms with Gasteiger partial charge in [-0.3, -0.25) is 9.40 Å². The number of nitrogens with one attached hydrogen (secondary N) is 1. The number of sulfonamides is 1. The van der Waals surface area contributed by atoms with Gasteiger partial charge >= 0.3 is 0 Å². The fourth-order valence-electron chi connectivity index (χ4n) is 1.87.